The molecule has 1 saturated heterocycles. The van der Waals surface area contributed by atoms with Crippen LogP contribution < -0.4 is 5.32 Å². The maximum absolute atomic E-state index is 9.19. The van der Waals surface area contributed by atoms with E-state index < -0.39 is 0 Å². The van der Waals surface area contributed by atoms with Crippen LogP contribution in [-0.2, 0) is 0 Å². The Labute approximate surface area is 87.5 Å². The standard InChI is InChI=1S/C11H24N2O/c1-4-13-6-5-11(9(2)8-13)12-7-10(3)14/h9-12,14H,4-8H2,1-3H3/t9?,10-,11?/m0/s1. The molecule has 1 aliphatic heterocycles. The molecule has 14 heavy (non-hydrogen) atoms. The van der Waals surface area contributed by atoms with Crippen molar-refractivity contribution in [1.82, 2.24) is 10.2 Å². The van der Waals surface area contributed by atoms with Gasteiger partial charge < -0.3 is 15.3 Å². The molecule has 0 saturated carbocycles. The van der Waals surface area contributed by atoms with Gasteiger partial charge in [0.05, 0.1) is 6.10 Å². The Hall–Kier alpha value is -0.120. The number of aliphatic hydroxyl groups excluding tert-OH is 1. The molecule has 1 aliphatic rings. The van der Waals surface area contributed by atoms with E-state index in [0.29, 0.717) is 12.0 Å². The highest BCUT2D eigenvalue weighted by atomic mass is 16.3. The van der Waals surface area contributed by atoms with Gasteiger partial charge in [-0.1, -0.05) is 13.8 Å². The Morgan fingerprint density at radius 2 is 2.29 bits per heavy atom. The van der Waals surface area contributed by atoms with E-state index in [1.807, 2.05) is 6.92 Å². The van der Waals surface area contributed by atoms with E-state index in [0.717, 1.165) is 13.1 Å². The van der Waals surface area contributed by atoms with Gasteiger partial charge in [0.15, 0.2) is 0 Å². The summed E-state index contributed by atoms with van der Waals surface area (Å²) in [4.78, 5) is 2.49. The van der Waals surface area contributed by atoms with Crippen LogP contribution in [0.25, 0.3) is 0 Å². The zero-order valence-corrected chi connectivity index (χ0v) is 9.66. The molecule has 84 valence electrons. The van der Waals surface area contributed by atoms with Gasteiger partial charge in [-0.3, -0.25) is 0 Å². The van der Waals surface area contributed by atoms with Crippen LogP contribution >= 0.6 is 0 Å². The number of nitrogens with zero attached hydrogens (tertiary/aromatic N) is 1. The number of aliphatic hydroxyl groups is 1. The van der Waals surface area contributed by atoms with Crippen molar-refractivity contribution in [3.05, 3.63) is 0 Å². The molecule has 0 spiro atoms. The average molecular weight is 200 g/mol. The SMILES string of the molecule is CCN1CCC(NC[C@H](C)O)C(C)C1. The highest BCUT2D eigenvalue weighted by molar-refractivity contribution is 4.82. The van der Waals surface area contributed by atoms with Crippen LogP contribution in [0.2, 0.25) is 0 Å². The van der Waals surface area contributed by atoms with E-state index in [-0.39, 0.29) is 6.10 Å². The van der Waals surface area contributed by atoms with Crippen molar-refractivity contribution >= 4 is 0 Å². The summed E-state index contributed by atoms with van der Waals surface area (Å²) >= 11 is 0. The largest absolute Gasteiger partial charge is 0.392 e. The van der Waals surface area contributed by atoms with E-state index in [4.69, 9.17) is 0 Å². The predicted octanol–water partition coefficient (Wildman–Crippen LogP) is 0.687. The second kappa shape index (κ2) is 5.69. The fraction of sp³-hybridized carbons (Fsp3) is 1.00. The molecular weight excluding hydrogens is 176 g/mol. The first kappa shape index (κ1) is 12.0. The van der Waals surface area contributed by atoms with Crippen LogP contribution in [-0.4, -0.2) is 48.3 Å². The van der Waals surface area contributed by atoms with Gasteiger partial charge >= 0.3 is 0 Å². The summed E-state index contributed by atoms with van der Waals surface area (Å²) < 4.78 is 0. The minimum absolute atomic E-state index is 0.230. The van der Waals surface area contributed by atoms with E-state index in [2.05, 4.69) is 24.1 Å². The molecule has 0 radical (unpaired) electrons. The average Bonchev–Trinajstić information content (AvgIpc) is 2.15. The number of rotatable bonds is 4. The molecule has 0 amide bonds. The Morgan fingerprint density at radius 3 is 2.79 bits per heavy atom. The quantitative estimate of drug-likeness (QED) is 0.701. The number of likely N-dealkylation sites (tertiary alicyclic amines) is 1. The fourth-order valence-electron chi connectivity index (χ4n) is 2.14. The van der Waals surface area contributed by atoms with Crippen LogP contribution in [0.15, 0.2) is 0 Å². The minimum atomic E-state index is -0.230. The molecule has 3 heteroatoms. The topological polar surface area (TPSA) is 35.5 Å². The molecule has 0 aromatic heterocycles. The fourth-order valence-corrected chi connectivity index (χ4v) is 2.14. The van der Waals surface area contributed by atoms with Crippen LogP contribution in [0.1, 0.15) is 27.2 Å². The molecule has 0 bridgehead atoms. The highest BCUT2D eigenvalue weighted by Gasteiger charge is 2.24. The summed E-state index contributed by atoms with van der Waals surface area (Å²) in [5.41, 5.74) is 0. The smallest absolute Gasteiger partial charge is 0.0636 e. The van der Waals surface area contributed by atoms with Crippen molar-refractivity contribution in [2.45, 2.75) is 39.3 Å². The second-order valence-corrected chi connectivity index (χ2v) is 4.52. The van der Waals surface area contributed by atoms with Gasteiger partial charge in [0, 0.05) is 19.1 Å². The first-order chi connectivity index (χ1) is 6.63. The predicted molar refractivity (Wildman–Crippen MR) is 59.4 cm³/mol. The zero-order valence-electron chi connectivity index (χ0n) is 9.66. The zero-order chi connectivity index (χ0) is 10.6. The molecule has 0 aromatic rings. The molecule has 1 rings (SSSR count). The third-order valence-corrected chi connectivity index (χ3v) is 3.11. The molecule has 2 N–H and O–H groups in total. The normalized spacial score (nSPS) is 31.7. The van der Waals surface area contributed by atoms with Crippen molar-refractivity contribution in [1.29, 1.82) is 0 Å². The van der Waals surface area contributed by atoms with E-state index >= 15 is 0 Å². The molecule has 2 unspecified atom stereocenters. The lowest BCUT2D eigenvalue weighted by Gasteiger charge is -2.37. The molecule has 1 heterocycles. The summed E-state index contributed by atoms with van der Waals surface area (Å²) in [6.07, 6.45) is 0.980. The third-order valence-electron chi connectivity index (χ3n) is 3.11. The van der Waals surface area contributed by atoms with Crippen molar-refractivity contribution in [2.24, 2.45) is 5.92 Å². The van der Waals surface area contributed by atoms with Crippen LogP contribution in [0.4, 0.5) is 0 Å². The molecule has 3 atom stereocenters. The van der Waals surface area contributed by atoms with Gasteiger partial charge in [0.25, 0.3) is 0 Å². The Kier molecular flexibility index (Phi) is 4.85. The molecular formula is C11H24N2O. The van der Waals surface area contributed by atoms with Gasteiger partial charge in [0.1, 0.15) is 0 Å². The summed E-state index contributed by atoms with van der Waals surface area (Å²) in [6.45, 7) is 10.6. The maximum atomic E-state index is 9.19. The first-order valence-corrected chi connectivity index (χ1v) is 5.77. The summed E-state index contributed by atoms with van der Waals surface area (Å²) in [5, 5.41) is 12.6. The summed E-state index contributed by atoms with van der Waals surface area (Å²) in [6, 6.07) is 0.590. The van der Waals surface area contributed by atoms with E-state index in [1.54, 1.807) is 0 Å². The van der Waals surface area contributed by atoms with Gasteiger partial charge in [0.2, 0.25) is 0 Å². The van der Waals surface area contributed by atoms with Crippen molar-refractivity contribution in [3.8, 4) is 0 Å². The maximum Gasteiger partial charge on any atom is 0.0636 e. The van der Waals surface area contributed by atoms with Crippen molar-refractivity contribution in [2.75, 3.05) is 26.2 Å². The number of hydrogen-bond donors (Lipinski definition) is 2. The van der Waals surface area contributed by atoms with Crippen LogP contribution in [0.3, 0.4) is 0 Å². The van der Waals surface area contributed by atoms with E-state index in [1.165, 1.54) is 19.5 Å². The second-order valence-electron chi connectivity index (χ2n) is 4.52. The van der Waals surface area contributed by atoms with Gasteiger partial charge in [-0.25, -0.2) is 0 Å². The third kappa shape index (κ3) is 3.56. The monoisotopic (exact) mass is 200 g/mol. The van der Waals surface area contributed by atoms with Gasteiger partial charge in [-0.15, -0.1) is 0 Å². The van der Waals surface area contributed by atoms with Crippen molar-refractivity contribution in [3.63, 3.8) is 0 Å². The number of hydrogen-bond acceptors (Lipinski definition) is 3. The number of nitrogens with one attached hydrogen (secondary N) is 1. The Bertz CT molecular complexity index is 161. The lowest BCUT2D eigenvalue weighted by Crippen LogP contribution is -2.49. The highest BCUT2D eigenvalue weighted by Crippen LogP contribution is 2.16. The minimum Gasteiger partial charge on any atom is -0.392 e. The lowest BCUT2D eigenvalue weighted by atomic mass is 9.94. The van der Waals surface area contributed by atoms with Gasteiger partial charge in [-0.2, -0.15) is 0 Å². The van der Waals surface area contributed by atoms with Crippen LogP contribution in [0.5, 0.6) is 0 Å². The van der Waals surface area contributed by atoms with E-state index in [9.17, 15) is 5.11 Å². The van der Waals surface area contributed by atoms with Crippen molar-refractivity contribution < 1.29 is 5.11 Å². The van der Waals surface area contributed by atoms with Crippen LogP contribution in [0, 0.1) is 5.92 Å². The molecule has 0 aliphatic carbocycles. The first-order valence-electron chi connectivity index (χ1n) is 5.77. The summed E-state index contributed by atoms with van der Waals surface area (Å²) in [7, 11) is 0. The van der Waals surface area contributed by atoms with Gasteiger partial charge in [-0.05, 0) is 32.4 Å². The Balaban J connectivity index is 2.27. The summed E-state index contributed by atoms with van der Waals surface area (Å²) in [5.74, 6) is 0.697. The number of piperidine rings is 1. The Morgan fingerprint density at radius 1 is 1.57 bits per heavy atom. The lowest BCUT2D eigenvalue weighted by molar-refractivity contribution is 0.133. The molecule has 3 nitrogen and oxygen atoms in total. The molecule has 1 fully saturated rings. The molecule has 0 aromatic carbocycles.